The number of carbonyl (C=O) groups excluding carboxylic acids is 1. The molecule has 1 aromatic heterocycles. The molecule has 0 aliphatic rings. The van der Waals surface area contributed by atoms with E-state index < -0.39 is 0 Å². The molecule has 0 bridgehead atoms. The smallest absolute Gasteiger partial charge is 0.234 e. The van der Waals surface area contributed by atoms with Crippen molar-refractivity contribution in [2.24, 2.45) is 0 Å². The standard InChI is InChI=1S/C11H17BrN2OS/c1-3-8(2)14-11(15)7-13-6-10-9(12)4-5-16-10/h4-5,8,13H,3,6-7H2,1-2H3,(H,14,15). The molecule has 0 saturated carbocycles. The van der Waals surface area contributed by atoms with Crippen LogP contribution in [0.1, 0.15) is 25.1 Å². The average molecular weight is 305 g/mol. The maximum absolute atomic E-state index is 11.4. The van der Waals surface area contributed by atoms with E-state index in [-0.39, 0.29) is 11.9 Å². The first-order chi connectivity index (χ1) is 7.63. The van der Waals surface area contributed by atoms with Gasteiger partial charge >= 0.3 is 0 Å². The summed E-state index contributed by atoms with van der Waals surface area (Å²) in [4.78, 5) is 12.7. The Labute approximate surface area is 109 Å². The molecule has 1 aromatic rings. The van der Waals surface area contributed by atoms with Crippen molar-refractivity contribution in [1.29, 1.82) is 0 Å². The lowest BCUT2D eigenvalue weighted by molar-refractivity contribution is -0.120. The number of nitrogens with one attached hydrogen (secondary N) is 2. The van der Waals surface area contributed by atoms with Crippen LogP contribution >= 0.6 is 27.3 Å². The van der Waals surface area contributed by atoms with Gasteiger partial charge in [0.1, 0.15) is 0 Å². The third kappa shape index (κ3) is 4.63. The maximum atomic E-state index is 11.4. The van der Waals surface area contributed by atoms with E-state index in [2.05, 4.69) is 33.5 Å². The van der Waals surface area contributed by atoms with Gasteiger partial charge in [-0.1, -0.05) is 6.92 Å². The van der Waals surface area contributed by atoms with Gasteiger partial charge in [-0.3, -0.25) is 4.79 Å². The van der Waals surface area contributed by atoms with Crippen LogP contribution in [0.2, 0.25) is 0 Å². The van der Waals surface area contributed by atoms with Crippen molar-refractivity contribution < 1.29 is 4.79 Å². The van der Waals surface area contributed by atoms with Crippen molar-refractivity contribution in [1.82, 2.24) is 10.6 Å². The summed E-state index contributed by atoms with van der Waals surface area (Å²) in [6, 6.07) is 2.27. The molecule has 0 aliphatic carbocycles. The molecular formula is C11H17BrN2OS. The van der Waals surface area contributed by atoms with E-state index >= 15 is 0 Å². The lowest BCUT2D eigenvalue weighted by atomic mass is 10.2. The summed E-state index contributed by atoms with van der Waals surface area (Å²) in [7, 11) is 0. The highest BCUT2D eigenvalue weighted by atomic mass is 79.9. The van der Waals surface area contributed by atoms with Crippen molar-refractivity contribution in [2.75, 3.05) is 6.54 Å². The first kappa shape index (κ1) is 13.7. The number of rotatable bonds is 6. The van der Waals surface area contributed by atoms with Crippen LogP contribution in [0.3, 0.4) is 0 Å². The fraction of sp³-hybridized carbons (Fsp3) is 0.545. The lowest BCUT2D eigenvalue weighted by Gasteiger charge is -2.11. The molecule has 2 N–H and O–H groups in total. The third-order valence-corrected chi connectivity index (χ3v) is 4.21. The molecule has 3 nitrogen and oxygen atoms in total. The molecule has 1 unspecified atom stereocenters. The number of thiophene rings is 1. The zero-order chi connectivity index (χ0) is 12.0. The van der Waals surface area contributed by atoms with Crippen molar-refractivity contribution in [2.45, 2.75) is 32.9 Å². The zero-order valence-electron chi connectivity index (χ0n) is 9.55. The Morgan fingerprint density at radius 3 is 2.94 bits per heavy atom. The molecule has 5 heteroatoms. The molecule has 1 rings (SSSR count). The predicted octanol–water partition coefficient (Wildman–Crippen LogP) is 2.51. The summed E-state index contributed by atoms with van der Waals surface area (Å²) in [5.41, 5.74) is 0. The highest BCUT2D eigenvalue weighted by Crippen LogP contribution is 2.21. The van der Waals surface area contributed by atoms with Crippen LogP contribution < -0.4 is 10.6 Å². The van der Waals surface area contributed by atoms with Gasteiger partial charge in [0, 0.05) is 21.9 Å². The molecule has 1 atom stereocenters. The quantitative estimate of drug-likeness (QED) is 0.848. The van der Waals surface area contributed by atoms with Crippen LogP contribution in [0.15, 0.2) is 15.9 Å². The largest absolute Gasteiger partial charge is 0.353 e. The van der Waals surface area contributed by atoms with Crippen molar-refractivity contribution >= 4 is 33.2 Å². The molecular weight excluding hydrogens is 288 g/mol. The van der Waals surface area contributed by atoms with Crippen LogP contribution in [0.4, 0.5) is 0 Å². The molecule has 0 radical (unpaired) electrons. The first-order valence-electron chi connectivity index (χ1n) is 5.35. The summed E-state index contributed by atoms with van der Waals surface area (Å²) < 4.78 is 1.10. The minimum atomic E-state index is 0.0574. The monoisotopic (exact) mass is 304 g/mol. The van der Waals surface area contributed by atoms with Crippen LogP contribution in [-0.2, 0) is 11.3 Å². The fourth-order valence-corrected chi connectivity index (χ4v) is 2.63. The Bertz CT molecular complexity index is 340. The van der Waals surface area contributed by atoms with E-state index in [0.717, 1.165) is 17.4 Å². The predicted molar refractivity (Wildman–Crippen MR) is 71.6 cm³/mol. The normalized spacial score (nSPS) is 12.4. The van der Waals surface area contributed by atoms with Crippen LogP contribution in [0.5, 0.6) is 0 Å². The molecule has 0 saturated heterocycles. The van der Waals surface area contributed by atoms with Crippen molar-refractivity contribution in [3.8, 4) is 0 Å². The van der Waals surface area contributed by atoms with Crippen molar-refractivity contribution in [3.05, 3.63) is 20.8 Å². The molecule has 0 aromatic carbocycles. The summed E-state index contributed by atoms with van der Waals surface area (Å²) in [5, 5.41) is 8.07. The van der Waals surface area contributed by atoms with Crippen LogP contribution in [0.25, 0.3) is 0 Å². The summed E-state index contributed by atoms with van der Waals surface area (Å²) in [6.45, 7) is 5.16. The Balaban J connectivity index is 2.21. The zero-order valence-corrected chi connectivity index (χ0v) is 12.0. The first-order valence-corrected chi connectivity index (χ1v) is 7.02. The van der Waals surface area contributed by atoms with E-state index in [9.17, 15) is 4.79 Å². The molecule has 0 fully saturated rings. The van der Waals surface area contributed by atoms with E-state index in [0.29, 0.717) is 6.54 Å². The minimum Gasteiger partial charge on any atom is -0.353 e. The van der Waals surface area contributed by atoms with Gasteiger partial charge in [-0.05, 0) is 40.7 Å². The summed E-state index contributed by atoms with van der Waals surface area (Å²) in [6.07, 6.45) is 0.961. The molecule has 0 spiro atoms. The highest BCUT2D eigenvalue weighted by Gasteiger charge is 2.05. The van der Waals surface area contributed by atoms with Gasteiger partial charge in [0.25, 0.3) is 0 Å². The number of halogens is 1. The van der Waals surface area contributed by atoms with Gasteiger partial charge in [0.2, 0.25) is 5.91 Å². The third-order valence-electron chi connectivity index (χ3n) is 2.28. The summed E-state index contributed by atoms with van der Waals surface area (Å²) >= 11 is 5.13. The Kier molecular flexibility index (Phi) is 6.01. The number of carbonyl (C=O) groups is 1. The van der Waals surface area contributed by atoms with Crippen molar-refractivity contribution in [3.63, 3.8) is 0 Å². The molecule has 16 heavy (non-hydrogen) atoms. The van der Waals surface area contributed by atoms with E-state index in [4.69, 9.17) is 0 Å². The average Bonchev–Trinajstić information content (AvgIpc) is 2.64. The van der Waals surface area contributed by atoms with E-state index in [1.165, 1.54) is 4.88 Å². The molecule has 90 valence electrons. The molecule has 0 aliphatic heterocycles. The number of amides is 1. The van der Waals surface area contributed by atoms with Gasteiger partial charge in [-0.25, -0.2) is 0 Å². The maximum Gasteiger partial charge on any atom is 0.234 e. The Hall–Kier alpha value is -0.390. The second-order valence-electron chi connectivity index (χ2n) is 3.67. The topological polar surface area (TPSA) is 41.1 Å². The Morgan fingerprint density at radius 2 is 2.38 bits per heavy atom. The van der Waals surface area contributed by atoms with Gasteiger partial charge in [0.15, 0.2) is 0 Å². The minimum absolute atomic E-state index is 0.0574. The van der Waals surface area contributed by atoms with Gasteiger partial charge in [0.05, 0.1) is 6.54 Å². The Morgan fingerprint density at radius 1 is 1.62 bits per heavy atom. The summed E-state index contributed by atoms with van der Waals surface area (Å²) in [5.74, 6) is 0.0574. The van der Waals surface area contributed by atoms with Crippen LogP contribution in [-0.4, -0.2) is 18.5 Å². The lowest BCUT2D eigenvalue weighted by Crippen LogP contribution is -2.38. The molecule has 1 heterocycles. The number of hydrogen-bond donors (Lipinski definition) is 2. The van der Waals surface area contributed by atoms with Gasteiger partial charge in [-0.2, -0.15) is 0 Å². The molecule has 1 amide bonds. The van der Waals surface area contributed by atoms with Crippen LogP contribution in [0, 0.1) is 0 Å². The second kappa shape index (κ2) is 7.04. The van der Waals surface area contributed by atoms with Gasteiger partial charge in [-0.15, -0.1) is 11.3 Å². The van der Waals surface area contributed by atoms with E-state index in [1.807, 2.05) is 18.4 Å². The fourth-order valence-electron chi connectivity index (χ4n) is 1.17. The number of hydrogen-bond acceptors (Lipinski definition) is 3. The SMILES string of the molecule is CCC(C)NC(=O)CNCc1sccc1Br. The van der Waals surface area contributed by atoms with E-state index in [1.54, 1.807) is 11.3 Å². The van der Waals surface area contributed by atoms with Gasteiger partial charge < -0.3 is 10.6 Å². The second-order valence-corrected chi connectivity index (χ2v) is 5.53. The highest BCUT2D eigenvalue weighted by molar-refractivity contribution is 9.10.